The zero-order valence-corrected chi connectivity index (χ0v) is 20.0. The Hall–Kier alpha value is -3.39. The third-order valence-corrected chi connectivity index (χ3v) is 6.65. The summed E-state index contributed by atoms with van der Waals surface area (Å²) in [5, 5.41) is 20.5. The number of hydrogen-bond acceptors (Lipinski definition) is 5. The van der Waals surface area contributed by atoms with Crippen molar-refractivity contribution in [3.8, 4) is 17.1 Å². The molecule has 1 fully saturated rings. The Kier molecular flexibility index (Phi) is 5.56. The smallest absolute Gasteiger partial charge is 0.157 e. The second kappa shape index (κ2) is 8.43. The van der Waals surface area contributed by atoms with E-state index in [-0.39, 0.29) is 11.7 Å². The average molecular weight is 461 g/mol. The van der Waals surface area contributed by atoms with Gasteiger partial charge in [-0.3, -0.25) is 4.68 Å². The maximum Gasteiger partial charge on any atom is 0.157 e. The molecule has 1 aromatic carbocycles. The lowest BCUT2D eigenvalue weighted by Crippen LogP contribution is -2.34. The van der Waals surface area contributed by atoms with Gasteiger partial charge in [-0.05, 0) is 82.3 Å². The first-order valence-corrected chi connectivity index (χ1v) is 11.6. The molecule has 0 spiro atoms. The molecule has 0 bridgehead atoms. The summed E-state index contributed by atoms with van der Waals surface area (Å²) in [6, 6.07) is 10.3. The van der Waals surface area contributed by atoms with Crippen molar-refractivity contribution in [1.82, 2.24) is 29.5 Å². The molecule has 5 rings (SSSR count). The fraction of sp³-hybridized carbons (Fsp3) is 0.385. The summed E-state index contributed by atoms with van der Waals surface area (Å²) in [7, 11) is 0. The number of aryl methyl sites for hydroxylation is 2. The van der Waals surface area contributed by atoms with Gasteiger partial charge in [0.1, 0.15) is 12.1 Å². The second-order valence-electron chi connectivity index (χ2n) is 9.60. The summed E-state index contributed by atoms with van der Waals surface area (Å²) >= 11 is 0. The average Bonchev–Trinajstić information content (AvgIpc) is 3.55. The molecule has 1 unspecified atom stereocenters. The fourth-order valence-corrected chi connectivity index (χ4v) is 4.59. The first kappa shape index (κ1) is 22.4. The van der Waals surface area contributed by atoms with Crippen LogP contribution in [0.4, 0.5) is 4.39 Å². The van der Waals surface area contributed by atoms with Gasteiger partial charge in [-0.2, -0.15) is 10.2 Å². The lowest BCUT2D eigenvalue weighted by Gasteiger charge is -2.24. The Morgan fingerprint density at radius 2 is 1.79 bits per heavy atom. The van der Waals surface area contributed by atoms with Crippen LogP contribution in [0.1, 0.15) is 48.1 Å². The van der Waals surface area contributed by atoms with E-state index in [1.807, 2.05) is 49.2 Å². The largest absolute Gasteiger partial charge is 0.388 e. The minimum Gasteiger partial charge on any atom is -0.388 e. The van der Waals surface area contributed by atoms with E-state index in [1.54, 1.807) is 18.5 Å². The molecule has 0 radical (unpaired) electrons. The molecule has 34 heavy (non-hydrogen) atoms. The second-order valence-corrected chi connectivity index (χ2v) is 9.60. The minimum absolute atomic E-state index is 0.282. The molecular weight excluding hydrogens is 431 g/mol. The van der Waals surface area contributed by atoms with Gasteiger partial charge in [-0.15, -0.1) is 0 Å². The van der Waals surface area contributed by atoms with E-state index in [1.165, 1.54) is 12.1 Å². The van der Waals surface area contributed by atoms with E-state index < -0.39 is 5.60 Å². The van der Waals surface area contributed by atoms with Crippen LogP contribution in [-0.2, 0) is 13.0 Å². The Balaban J connectivity index is 1.54. The van der Waals surface area contributed by atoms with Gasteiger partial charge >= 0.3 is 0 Å². The molecule has 3 aromatic heterocycles. The van der Waals surface area contributed by atoms with Crippen molar-refractivity contribution in [2.24, 2.45) is 5.92 Å². The minimum atomic E-state index is -0.839. The van der Waals surface area contributed by atoms with E-state index in [0.29, 0.717) is 18.8 Å². The zero-order valence-electron chi connectivity index (χ0n) is 20.0. The van der Waals surface area contributed by atoms with Crippen molar-refractivity contribution in [2.75, 3.05) is 0 Å². The number of hydrogen-bond donors (Lipinski definition) is 1. The van der Waals surface area contributed by atoms with Gasteiger partial charge in [0.05, 0.1) is 29.2 Å². The monoisotopic (exact) mass is 460 g/mol. The summed E-state index contributed by atoms with van der Waals surface area (Å²) in [5.41, 5.74) is 5.51. The van der Waals surface area contributed by atoms with Crippen molar-refractivity contribution in [3.63, 3.8) is 0 Å². The van der Waals surface area contributed by atoms with Crippen LogP contribution in [0.3, 0.4) is 0 Å². The number of nitrogens with zero attached hydrogens (tertiary/aromatic N) is 6. The molecule has 1 N–H and O–H groups in total. The van der Waals surface area contributed by atoms with Crippen LogP contribution in [-0.4, -0.2) is 40.2 Å². The Bertz CT molecular complexity index is 1330. The van der Waals surface area contributed by atoms with Gasteiger partial charge in [0, 0.05) is 29.4 Å². The highest BCUT2D eigenvalue weighted by Gasteiger charge is 2.41. The molecule has 3 heterocycles. The van der Waals surface area contributed by atoms with Gasteiger partial charge in [-0.1, -0.05) is 0 Å². The number of halogens is 1. The van der Waals surface area contributed by atoms with Crippen molar-refractivity contribution < 1.29 is 9.50 Å². The first-order chi connectivity index (χ1) is 16.2. The number of aromatic nitrogens is 6. The van der Waals surface area contributed by atoms with Crippen LogP contribution >= 0.6 is 0 Å². The highest BCUT2D eigenvalue weighted by Crippen LogP contribution is 2.41. The van der Waals surface area contributed by atoms with E-state index in [0.717, 1.165) is 52.4 Å². The third kappa shape index (κ3) is 4.37. The predicted octanol–water partition coefficient (Wildman–Crippen LogP) is 4.34. The molecule has 8 heteroatoms. The summed E-state index contributed by atoms with van der Waals surface area (Å²) in [4.78, 5) is 8.92. The number of benzene rings is 1. The standard InChI is InChI=1S/C26H29FN6O/c1-16-11-17(2)33(30-16)24-13-22(28-15-29-24)12-23-18(3)25(19-5-9-21(27)10-6-19)31-32(23)14-26(4,34)20-7-8-20/h5-6,9-11,13,15,20,34H,7-8,12,14H2,1-4H3. The van der Waals surface area contributed by atoms with Gasteiger partial charge in [0.25, 0.3) is 0 Å². The lowest BCUT2D eigenvalue weighted by atomic mass is 10.00. The lowest BCUT2D eigenvalue weighted by molar-refractivity contribution is 0.0155. The van der Waals surface area contributed by atoms with Crippen molar-refractivity contribution in [1.29, 1.82) is 0 Å². The first-order valence-electron chi connectivity index (χ1n) is 11.6. The quantitative estimate of drug-likeness (QED) is 0.444. The molecular formula is C26H29FN6O. The SMILES string of the molecule is Cc1cc(C)n(-c2cc(Cc3c(C)c(-c4ccc(F)cc4)nn3CC(C)(O)C3CC3)ncn2)n1. The summed E-state index contributed by atoms with van der Waals surface area (Å²) in [6.45, 7) is 8.25. The maximum atomic E-state index is 13.5. The van der Waals surface area contributed by atoms with E-state index >= 15 is 0 Å². The van der Waals surface area contributed by atoms with Crippen LogP contribution in [0.25, 0.3) is 17.1 Å². The summed E-state index contributed by atoms with van der Waals surface area (Å²) < 4.78 is 17.2. The molecule has 1 aliphatic carbocycles. The molecule has 0 saturated heterocycles. The fourth-order valence-electron chi connectivity index (χ4n) is 4.59. The van der Waals surface area contributed by atoms with Crippen LogP contribution < -0.4 is 0 Å². The zero-order chi connectivity index (χ0) is 24.0. The summed E-state index contributed by atoms with van der Waals surface area (Å²) in [6.07, 6.45) is 4.14. The van der Waals surface area contributed by atoms with Gasteiger partial charge in [0.2, 0.25) is 0 Å². The van der Waals surface area contributed by atoms with Crippen LogP contribution in [0.15, 0.2) is 42.7 Å². The third-order valence-electron chi connectivity index (χ3n) is 6.65. The highest BCUT2D eigenvalue weighted by atomic mass is 19.1. The van der Waals surface area contributed by atoms with Crippen LogP contribution in [0.5, 0.6) is 0 Å². The molecule has 1 atom stereocenters. The molecule has 1 aliphatic rings. The molecule has 0 amide bonds. The molecule has 1 saturated carbocycles. The van der Waals surface area contributed by atoms with E-state index in [9.17, 15) is 9.50 Å². The summed E-state index contributed by atoms with van der Waals surface area (Å²) in [5.74, 6) is 0.717. The normalized spacial score (nSPS) is 15.5. The van der Waals surface area contributed by atoms with Gasteiger partial charge in [-0.25, -0.2) is 19.0 Å². The topological polar surface area (TPSA) is 81.7 Å². The molecule has 0 aliphatic heterocycles. The molecule has 176 valence electrons. The van der Waals surface area contributed by atoms with E-state index in [4.69, 9.17) is 5.10 Å². The Labute approximate surface area is 198 Å². The van der Waals surface area contributed by atoms with Crippen LogP contribution in [0.2, 0.25) is 0 Å². The highest BCUT2D eigenvalue weighted by molar-refractivity contribution is 5.64. The van der Waals surface area contributed by atoms with Crippen molar-refractivity contribution >= 4 is 0 Å². The van der Waals surface area contributed by atoms with Gasteiger partial charge < -0.3 is 5.11 Å². The predicted molar refractivity (Wildman–Crippen MR) is 127 cm³/mol. The Morgan fingerprint density at radius 3 is 2.44 bits per heavy atom. The Morgan fingerprint density at radius 1 is 1.06 bits per heavy atom. The number of rotatable bonds is 7. The molecule has 4 aromatic rings. The van der Waals surface area contributed by atoms with E-state index in [2.05, 4.69) is 15.1 Å². The van der Waals surface area contributed by atoms with Gasteiger partial charge in [0.15, 0.2) is 5.82 Å². The van der Waals surface area contributed by atoms with Crippen LogP contribution in [0, 0.1) is 32.5 Å². The van der Waals surface area contributed by atoms with Crippen molar-refractivity contribution in [3.05, 3.63) is 76.9 Å². The number of aliphatic hydroxyl groups is 1. The van der Waals surface area contributed by atoms with Crippen molar-refractivity contribution in [2.45, 2.75) is 59.1 Å². The molecule has 7 nitrogen and oxygen atoms in total. The maximum absolute atomic E-state index is 13.5.